The van der Waals surface area contributed by atoms with Crippen LogP contribution in [0.4, 0.5) is 0 Å². The standard InChI is InChI=1S/C11H24N2O2S/c1-10(2)5-8-16(14,15)13-9-11(3)6-4-7-12-11/h10,12-13H,4-9H2,1-3H3. The van der Waals surface area contributed by atoms with Gasteiger partial charge in [0, 0.05) is 12.1 Å². The third-order valence-corrected chi connectivity index (χ3v) is 4.46. The van der Waals surface area contributed by atoms with E-state index in [2.05, 4.69) is 17.0 Å². The van der Waals surface area contributed by atoms with Gasteiger partial charge in [0.2, 0.25) is 10.0 Å². The first kappa shape index (κ1) is 13.9. The Hall–Kier alpha value is -0.130. The maximum Gasteiger partial charge on any atom is 0.211 e. The summed E-state index contributed by atoms with van der Waals surface area (Å²) in [5, 5.41) is 3.34. The fourth-order valence-corrected chi connectivity index (χ4v) is 3.30. The molecule has 2 N–H and O–H groups in total. The molecule has 1 aliphatic rings. The molecule has 1 unspecified atom stereocenters. The van der Waals surface area contributed by atoms with Crippen molar-refractivity contribution in [3.63, 3.8) is 0 Å². The summed E-state index contributed by atoms with van der Waals surface area (Å²) < 4.78 is 26.1. The second-order valence-electron chi connectivity index (χ2n) is 5.41. The SMILES string of the molecule is CC(C)CCS(=O)(=O)NCC1(C)CCCN1. The third kappa shape index (κ3) is 4.80. The number of nitrogens with one attached hydrogen (secondary N) is 2. The van der Waals surface area contributed by atoms with Gasteiger partial charge in [-0.15, -0.1) is 0 Å². The minimum absolute atomic E-state index is 0.0507. The molecule has 0 saturated carbocycles. The van der Waals surface area contributed by atoms with E-state index in [-0.39, 0.29) is 11.3 Å². The Balaban J connectivity index is 2.35. The van der Waals surface area contributed by atoms with Gasteiger partial charge in [-0.2, -0.15) is 0 Å². The van der Waals surface area contributed by atoms with E-state index in [1.807, 2.05) is 13.8 Å². The van der Waals surface area contributed by atoms with Gasteiger partial charge in [-0.25, -0.2) is 13.1 Å². The van der Waals surface area contributed by atoms with Gasteiger partial charge < -0.3 is 5.32 Å². The topological polar surface area (TPSA) is 58.2 Å². The van der Waals surface area contributed by atoms with E-state index in [1.165, 1.54) is 0 Å². The molecule has 1 atom stereocenters. The summed E-state index contributed by atoms with van der Waals surface area (Å²) in [5.41, 5.74) is -0.0507. The van der Waals surface area contributed by atoms with Crippen molar-refractivity contribution in [3.05, 3.63) is 0 Å². The van der Waals surface area contributed by atoms with Crippen LogP contribution in [-0.2, 0) is 10.0 Å². The molecule has 1 aliphatic heterocycles. The normalized spacial score (nSPS) is 26.5. The van der Waals surface area contributed by atoms with Crippen LogP contribution < -0.4 is 10.0 Å². The van der Waals surface area contributed by atoms with E-state index in [0.717, 1.165) is 25.8 Å². The van der Waals surface area contributed by atoms with Crippen molar-refractivity contribution in [2.75, 3.05) is 18.8 Å². The molecule has 0 spiro atoms. The Morgan fingerprint density at radius 2 is 2.12 bits per heavy atom. The van der Waals surface area contributed by atoms with Crippen molar-refractivity contribution >= 4 is 10.0 Å². The van der Waals surface area contributed by atoms with Crippen LogP contribution in [0.5, 0.6) is 0 Å². The first-order valence-electron chi connectivity index (χ1n) is 6.05. The van der Waals surface area contributed by atoms with Crippen LogP contribution in [0.25, 0.3) is 0 Å². The molecule has 0 radical (unpaired) electrons. The highest BCUT2D eigenvalue weighted by Gasteiger charge is 2.29. The van der Waals surface area contributed by atoms with Gasteiger partial charge >= 0.3 is 0 Å². The monoisotopic (exact) mass is 248 g/mol. The summed E-state index contributed by atoms with van der Waals surface area (Å²) in [6.45, 7) is 7.65. The van der Waals surface area contributed by atoms with Crippen LogP contribution in [0.1, 0.15) is 40.0 Å². The minimum atomic E-state index is -3.09. The molecule has 0 bridgehead atoms. The molecule has 1 fully saturated rings. The average molecular weight is 248 g/mol. The molecule has 1 heterocycles. The molecular formula is C11H24N2O2S. The minimum Gasteiger partial charge on any atom is -0.310 e. The number of hydrogen-bond donors (Lipinski definition) is 2. The lowest BCUT2D eigenvalue weighted by molar-refractivity contribution is 0.409. The van der Waals surface area contributed by atoms with Crippen molar-refractivity contribution < 1.29 is 8.42 Å². The maximum atomic E-state index is 11.7. The molecular weight excluding hydrogens is 224 g/mol. The second-order valence-corrected chi connectivity index (χ2v) is 7.34. The highest BCUT2D eigenvalue weighted by molar-refractivity contribution is 7.89. The van der Waals surface area contributed by atoms with E-state index in [4.69, 9.17) is 0 Å². The Kier molecular flexibility index (Phi) is 4.76. The summed E-state index contributed by atoms with van der Waals surface area (Å²) in [4.78, 5) is 0. The second kappa shape index (κ2) is 5.47. The summed E-state index contributed by atoms with van der Waals surface area (Å²) >= 11 is 0. The molecule has 96 valence electrons. The third-order valence-electron chi connectivity index (χ3n) is 3.10. The van der Waals surface area contributed by atoms with Gasteiger partial charge in [-0.3, -0.25) is 0 Å². The molecule has 0 amide bonds. The molecule has 4 nitrogen and oxygen atoms in total. The lowest BCUT2D eigenvalue weighted by Gasteiger charge is -2.24. The van der Waals surface area contributed by atoms with Crippen LogP contribution in [-0.4, -0.2) is 32.8 Å². The van der Waals surface area contributed by atoms with Gasteiger partial charge in [0.15, 0.2) is 0 Å². The highest BCUT2D eigenvalue weighted by atomic mass is 32.2. The Morgan fingerprint density at radius 1 is 1.44 bits per heavy atom. The van der Waals surface area contributed by atoms with E-state index < -0.39 is 10.0 Å². The van der Waals surface area contributed by atoms with Crippen molar-refractivity contribution in [2.24, 2.45) is 5.92 Å². The highest BCUT2D eigenvalue weighted by Crippen LogP contribution is 2.17. The van der Waals surface area contributed by atoms with Crippen molar-refractivity contribution in [1.29, 1.82) is 0 Å². The van der Waals surface area contributed by atoms with E-state index in [1.54, 1.807) is 0 Å². The lowest BCUT2D eigenvalue weighted by Crippen LogP contribution is -2.47. The molecule has 1 saturated heterocycles. The zero-order valence-corrected chi connectivity index (χ0v) is 11.4. The quantitative estimate of drug-likeness (QED) is 0.740. The largest absolute Gasteiger partial charge is 0.310 e. The van der Waals surface area contributed by atoms with Crippen LogP contribution in [0.3, 0.4) is 0 Å². The molecule has 5 heteroatoms. The van der Waals surface area contributed by atoms with E-state index in [9.17, 15) is 8.42 Å². The number of hydrogen-bond acceptors (Lipinski definition) is 3. The summed E-state index contributed by atoms with van der Waals surface area (Å²) in [6, 6.07) is 0. The lowest BCUT2D eigenvalue weighted by atomic mass is 10.0. The molecule has 0 aliphatic carbocycles. The van der Waals surface area contributed by atoms with Crippen LogP contribution in [0.2, 0.25) is 0 Å². The molecule has 16 heavy (non-hydrogen) atoms. The zero-order chi connectivity index (χ0) is 12.2. The molecule has 0 aromatic carbocycles. The fourth-order valence-electron chi connectivity index (χ4n) is 1.84. The van der Waals surface area contributed by atoms with Gasteiger partial charge in [-0.1, -0.05) is 13.8 Å². The fraction of sp³-hybridized carbons (Fsp3) is 1.00. The molecule has 1 rings (SSSR count). The Labute approximate surface area is 99.2 Å². The summed E-state index contributed by atoms with van der Waals surface area (Å²) in [6.07, 6.45) is 2.89. The number of sulfonamides is 1. The van der Waals surface area contributed by atoms with Gasteiger partial charge in [0.25, 0.3) is 0 Å². The first-order chi connectivity index (χ1) is 7.33. The van der Waals surface area contributed by atoms with Gasteiger partial charge in [0.1, 0.15) is 0 Å². The average Bonchev–Trinajstić information content (AvgIpc) is 2.61. The van der Waals surface area contributed by atoms with Crippen LogP contribution >= 0.6 is 0 Å². The van der Waals surface area contributed by atoms with Crippen LogP contribution in [0, 0.1) is 5.92 Å². The predicted octanol–water partition coefficient (Wildman–Crippen LogP) is 1.09. The maximum absolute atomic E-state index is 11.7. The van der Waals surface area contributed by atoms with E-state index in [0.29, 0.717) is 12.5 Å². The zero-order valence-electron chi connectivity index (χ0n) is 10.5. The molecule has 0 aromatic heterocycles. The molecule has 0 aromatic rings. The number of rotatable bonds is 6. The Bertz CT molecular complexity index is 306. The predicted molar refractivity (Wildman–Crippen MR) is 66.9 cm³/mol. The van der Waals surface area contributed by atoms with Crippen molar-refractivity contribution in [2.45, 2.75) is 45.6 Å². The summed E-state index contributed by atoms with van der Waals surface area (Å²) in [7, 11) is -3.09. The smallest absolute Gasteiger partial charge is 0.211 e. The van der Waals surface area contributed by atoms with Gasteiger partial charge in [-0.05, 0) is 38.6 Å². The summed E-state index contributed by atoms with van der Waals surface area (Å²) in [5.74, 6) is 0.664. The van der Waals surface area contributed by atoms with E-state index >= 15 is 0 Å². The van der Waals surface area contributed by atoms with Crippen LogP contribution in [0.15, 0.2) is 0 Å². The first-order valence-corrected chi connectivity index (χ1v) is 7.71. The van der Waals surface area contributed by atoms with Crippen molar-refractivity contribution in [1.82, 2.24) is 10.0 Å². The van der Waals surface area contributed by atoms with Gasteiger partial charge in [0.05, 0.1) is 5.75 Å². The van der Waals surface area contributed by atoms with Crippen molar-refractivity contribution in [3.8, 4) is 0 Å². The Morgan fingerprint density at radius 3 is 2.62 bits per heavy atom.